The molecule has 0 aromatic heterocycles. The lowest BCUT2D eigenvalue weighted by molar-refractivity contribution is -0.320. The van der Waals surface area contributed by atoms with Gasteiger partial charge in [-0.05, 0) is 106 Å². The number of carbonyl (C=O) groups excluding carboxylic acids is 1. The Hall–Kier alpha value is -1.27. The van der Waals surface area contributed by atoms with Crippen LogP contribution >= 0.6 is 0 Å². The summed E-state index contributed by atoms with van der Waals surface area (Å²) in [7, 11) is 5.42. The summed E-state index contributed by atoms with van der Waals surface area (Å²) in [6.45, 7) is 27.3. The minimum Gasteiger partial charge on any atom is -0.459 e. The maximum absolute atomic E-state index is 14.6. The lowest BCUT2D eigenvalue weighted by atomic mass is 9.78. The van der Waals surface area contributed by atoms with E-state index in [4.69, 9.17) is 37.9 Å². The summed E-state index contributed by atoms with van der Waals surface area (Å²) in [6, 6.07) is -0.292. The molecule has 5 heterocycles. The molecule has 18 atom stereocenters. The second kappa shape index (κ2) is 20.3. The monoisotopic (exact) mass is 829 g/mol. The van der Waals surface area contributed by atoms with Gasteiger partial charge in [0.05, 0.1) is 60.9 Å². The van der Waals surface area contributed by atoms with Crippen molar-refractivity contribution in [3.63, 3.8) is 0 Å². The first kappa shape index (κ1) is 49.4. The number of fused-ring (bicyclic) bond motifs is 15. The van der Waals surface area contributed by atoms with E-state index in [0.29, 0.717) is 31.4 Å². The maximum Gasteiger partial charge on any atom is 0.311 e. The molecule has 58 heavy (non-hydrogen) atoms. The Morgan fingerprint density at radius 1 is 0.983 bits per heavy atom. The molecule has 0 amide bonds. The molecule has 2 bridgehead atoms. The van der Waals surface area contributed by atoms with Gasteiger partial charge in [0.2, 0.25) is 0 Å². The molecule has 0 spiro atoms. The first-order valence-corrected chi connectivity index (χ1v) is 21.8. The van der Waals surface area contributed by atoms with Crippen LogP contribution in [-0.4, -0.2) is 169 Å². The number of rotatable bonds is 9. The van der Waals surface area contributed by atoms with Gasteiger partial charge in [-0.25, -0.2) is 0 Å². The van der Waals surface area contributed by atoms with Crippen molar-refractivity contribution >= 4 is 5.97 Å². The highest BCUT2D eigenvalue weighted by molar-refractivity contribution is 5.73. The van der Waals surface area contributed by atoms with E-state index in [2.05, 4.69) is 32.3 Å². The van der Waals surface area contributed by atoms with Crippen LogP contribution < -0.4 is 0 Å². The largest absolute Gasteiger partial charge is 0.459 e. The number of aliphatic hydroxyl groups excluding tert-OH is 2. The molecule has 14 nitrogen and oxygen atoms in total. The third-order valence-electron chi connectivity index (χ3n) is 13.6. The first-order chi connectivity index (χ1) is 27.0. The van der Waals surface area contributed by atoms with Crippen LogP contribution in [0.3, 0.4) is 0 Å². The molecule has 0 aliphatic carbocycles. The molecule has 0 saturated carbocycles. The van der Waals surface area contributed by atoms with Gasteiger partial charge in [-0.3, -0.25) is 4.79 Å². The van der Waals surface area contributed by atoms with Crippen LogP contribution in [0.1, 0.15) is 108 Å². The van der Waals surface area contributed by atoms with Crippen LogP contribution in [0.2, 0.25) is 0 Å². The second-order valence-electron chi connectivity index (χ2n) is 19.0. The Balaban J connectivity index is 1.97. The van der Waals surface area contributed by atoms with Crippen LogP contribution in [0.4, 0.5) is 0 Å². The third-order valence-corrected chi connectivity index (χ3v) is 13.6. The van der Waals surface area contributed by atoms with E-state index in [9.17, 15) is 20.1 Å². The molecule has 5 fully saturated rings. The average molecular weight is 829 g/mol. The standard InChI is InChI=1S/C44H80N2O12/c1-16-18-46-22-26(4)38-44(12,50)33(17-2)56-40(49)30(8)36(57-34-21-42(10,51-15)37(48)31(9)55-34)29(7)39(43(11,20-27(46)5)53-24-25(3)23-52-38)58-41-35(47)32(45(13)14)19-28(6)54-41/h26-39,41,47-48,50H,3,16-24H2,1-2,4-15H3/t26-,27+,28+,29-,30+,31-,32-,33+,34-,35+,36-,37-,38+,39+,41-,42+,43+,44+/m0/s1. The van der Waals surface area contributed by atoms with Crippen molar-refractivity contribution in [2.45, 2.75) is 199 Å². The number of likely N-dealkylation sites (N-methyl/N-ethyl adjacent to an activating group) is 1. The normalized spacial score (nSPS) is 47.1. The van der Waals surface area contributed by atoms with Crippen LogP contribution in [0.15, 0.2) is 12.2 Å². The van der Waals surface area contributed by atoms with E-state index in [1.807, 2.05) is 53.6 Å². The zero-order valence-corrected chi connectivity index (χ0v) is 38.1. The smallest absolute Gasteiger partial charge is 0.311 e. The molecule has 3 N–H and O–H groups in total. The quantitative estimate of drug-likeness (QED) is 0.223. The highest BCUT2D eigenvalue weighted by Crippen LogP contribution is 2.42. The molecule has 5 saturated heterocycles. The van der Waals surface area contributed by atoms with Crippen LogP contribution in [-0.2, 0) is 42.7 Å². The fourth-order valence-corrected chi connectivity index (χ4v) is 10.1. The molecule has 5 aliphatic rings. The number of ether oxygens (including phenoxy) is 8. The highest BCUT2D eigenvalue weighted by Gasteiger charge is 2.54. The fourth-order valence-electron chi connectivity index (χ4n) is 10.1. The van der Waals surface area contributed by atoms with E-state index in [1.165, 1.54) is 0 Å². The van der Waals surface area contributed by atoms with E-state index in [1.54, 1.807) is 27.9 Å². The Kier molecular flexibility index (Phi) is 17.3. The predicted octanol–water partition coefficient (Wildman–Crippen LogP) is 4.30. The molecular weight excluding hydrogens is 748 g/mol. The zero-order valence-electron chi connectivity index (χ0n) is 38.1. The molecule has 14 heteroatoms. The van der Waals surface area contributed by atoms with Crippen molar-refractivity contribution in [3.8, 4) is 0 Å². The predicted molar refractivity (Wildman–Crippen MR) is 220 cm³/mol. The van der Waals surface area contributed by atoms with Crippen molar-refractivity contribution in [2.24, 2.45) is 17.8 Å². The molecule has 5 aliphatic heterocycles. The van der Waals surface area contributed by atoms with Crippen molar-refractivity contribution in [3.05, 3.63) is 12.2 Å². The van der Waals surface area contributed by atoms with Crippen molar-refractivity contribution in [1.82, 2.24) is 9.80 Å². The Morgan fingerprint density at radius 2 is 1.66 bits per heavy atom. The molecule has 0 unspecified atom stereocenters. The number of carbonyl (C=O) groups is 1. The second-order valence-corrected chi connectivity index (χ2v) is 19.0. The van der Waals surface area contributed by atoms with E-state index >= 15 is 0 Å². The van der Waals surface area contributed by atoms with Crippen molar-refractivity contribution < 1.29 is 58.0 Å². The Morgan fingerprint density at radius 3 is 2.26 bits per heavy atom. The summed E-state index contributed by atoms with van der Waals surface area (Å²) < 4.78 is 52.6. The lowest BCUT2D eigenvalue weighted by Gasteiger charge is -2.50. The maximum atomic E-state index is 14.6. The number of hydrogen-bond donors (Lipinski definition) is 3. The number of aliphatic hydroxyl groups is 3. The zero-order chi connectivity index (χ0) is 43.5. The molecule has 0 radical (unpaired) electrons. The lowest BCUT2D eigenvalue weighted by Crippen LogP contribution is -2.61. The van der Waals surface area contributed by atoms with Crippen LogP contribution in [0.5, 0.6) is 0 Å². The Labute approximate surface area is 349 Å². The first-order valence-electron chi connectivity index (χ1n) is 21.8. The number of nitrogens with zero attached hydrogens (tertiary/aromatic N) is 2. The van der Waals surface area contributed by atoms with Gasteiger partial charge < -0.3 is 63.0 Å². The van der Waals surface area contributed by atoms with Gasteiger partial charge in [-0.2, -0.15) is 0 Å². The minimum atomic E-state index is -1.58. The van der Waals surface area contributed by atoms with Gasteiger partial charge in [0.25, 0.3) is 0 Å². The molecular formula is C44H80N2O12. The molecule has 0 aromatic rings. The number of methoxy groups -OCH3 is 1. The van der Waals surface area contributed by atoms with Crippen LogP contribution in [0.25, 0.3) is 0 Å². The molecule has 5 rings (SSSR count). The Bertz CT molecular complexity index is 1340. The number of hydrogen-bond acceptors (Lipinski definition) is 14. The van der Waals surface area contributed by atoms with Crippen LogP contribution in [0, 0.1) is 17.8 Å². The van der Waals surface area contributed by atoms with E-state index in [-0.39, 0.29) is 43.7 Å². The van der Waals surface area contributed by atoms with E-state index in [0.717, 1.165) is 13.0 Å². The van der Waals surface area contributed by atoms with E-state index < -0.39 is 89.9 Å². The summed E-state index contributed by atoms with van der Waals surface area (Å²) in [4.78, 5) is 19.0. The fraction of sp³-hybridized carbons (Fsp3) is 0.932. The summed E-state index contributed by atoms with van der Waals surface area (Å²) in [6.07, 6.45) is -5.60. The SMILES string of the molecule is C=C1CO[C@@H]2[C@@H](C)CN(CCC)[C@H](C)C[C@@](C)(OC1)[C@H](O[C@@H]1O[C@H](C)C[C@H](N(C)C)[C@H]1O)[C@@H](C)[C@H](O[C@H]1C[C@@](C)(OC)[C@@H](O)[C@H](C)O1)[C@@H](C)C(=O)O[C@H](CC)[C@@]2(C)O. The average Bonchev–Trinajstić information content (AvgIpc) is 3.15. The molecule has 338 valence electrons. The number of esters is 1. The van der Waals surface area contributed by atoms with Gasteiger partial charge in [-0.1, -0.05) is 34.3 Å². The van der Waals surface area contributed by atoms with Gasteiger partial charge >= 0.3 is 5.97 Å². The summed E-state index contributed by atoms with van der Waals surface area (Å²) >= 11 is 0. The van der Waals surface area contributed by atoms with Crippen molar-refractivity contribution in [1.29, 1.82) is 0 Å². The van der Waals surface area contributed by atoms with Gasteiger partial charge in [-0.15, -0.1) is 0 Å². The summed E-state index contributed by atoms with van der Waals surface area (Å²) in [5.41, 5.74) is -2.98. The van der Waals surface area contributed by atoms with Gasteiger partial charge in [0, 0.05) is 38.1 Å². The minimum absolute atomic E-state index is 0.0529. The summed E-state index contributed by atoms with van der Waals surface area (Å²) in [5.74, 6) is -2.29. The molecule has 0 aromatic carbocycles. The van der Waals surface area contributed by atoms with Crippen molar-refractivity contribution in [2.75, 3.05) is 47.5 Å². The highest BCUT2D eigenvalue weighted by atomic mass is 16.7. The van der Waals surface area contributed by atoms with Gasteiger partial charge in [0.1, 0.15) is 23.9 Å². The topological polar surface area (TPSA) is 158 Å². The van der Waals surface area contributed by atoms with Gasteiger partial charge in [0.15, 0.2) is 12.6 Å². The summed E-state index contributed by atoms with van der Waals surface area (Å²) in [5, 5.41) is 35.4. The third kappa shape index (κ3) is 11.0.